The van der Waals surface area contributed by atoms with E-state index in [1.165, 1.54) is 6.42 Å². The van der Waals surface area contributed by atoms with Crippen LogP contribution in [0.5, 0.6) is 5.75 Å². The fraction of sp³-hybridized carbons (Fsp3) is 0.640. The number of likely N-dealkylation sites (tertiary alicyclic amines) is 1. The maximum atomic E-state index is 12.9. The van der Waals surface area contributed by atoms with Crippen molar-refractivity contribution in [2.45, 2.75) is 89.3 Å². The Balaban J connectivity index is 1.24. The van der Waals surface area contributed by atoms with Crippen molar-refractivity contribution in [3.63, 3.8) is 0 Å². The molecule has 8 nitrogen and oxygen atoms in total. The molecule has 1 aliphatic carbocycles. The molecule has 0 spiro atoms. The Kier molecular flexibility index (Phi) is 6.14. The highest BCUT2D eigenvalue weighted by Gasteiger charge is 2.41. The van der Waals surface area contributed by atoms with Crippen molar-refractivity contribution in [1.29, 1.82) is 0 Å². The summed E-state index contributed by atoms with van der Waals surface area (Å²) in [7, 11) is 0. The van der Waals surface area contributed by atoms with Gasteiger partial charge in [-0.25, -0.2) is 0 Å². The molecule has 1 saturated carbocycles. The zero-order valence-corrected chi connectivity index (χ0v) is 19.4. The third kappa shape index (κ3) is 4.51. The minimum absolute atomic E-state index is 0.125. The molecule has 3 atom stereocenters. The molecule has 33 heavy (non-hydrogen) atoms. The molecule has 1 aromatic rings. The second-order valence-corrected chi connectivity index (χ2v) is 9.99. The normalized spacial score (nSPS) is 28.6. The smallest absolute Gasteiger partial charge is 0.255 e. The summed E-state index contributed by atoms with van der Waals surface area (Å²) in [4.78, 5) is 40.7. The van der Waals surface area contributed by atoms with Crippen molar-refractivity contribution >= 4 is 17.7 Å². The molecular formula is C25H33N3O5. The number of nitrogens with zero attached hydrogens (tertiary/aromatic N) is 2. The number of amides is 3. The van der Waals surface area contributed by atoms with E-state index in [2.05, 4.69) is 24.1 Å². The average Bonchev–Trinajstić information content (AvgIpc) is 3.06. The fourth-order valence-corrected chi connectivity index (χ4v) is 5.64. The van der Waals surface area contributed by atoms with E-state index < -0.39 is 6.04 Å². The third-order valence-corrected chi connectivity index (χ3v) is 7.26. The standard InChI is InChI=1S/C25H33N3O5/c1-15(2)32-18-13-27(14-18)20-5-3-4-6-22(20)33-17-7-8-19-16(11-17)12-28(25(19)31)21-9-10-23(29)26-24(21)30/h7-8,11,15,18,20-22H,3-6,9-10,12-14H2,1-2H3,(H,26,29,30). The lowest BCUT2D eigenvalue weighted by Crippen LogP contribution is -2.61. The van der Waals surface area contributed by atoms with Gasteiger partial charge < -0.3 is 14.4 Å². The highest BCUT2D eigenvalue weighted by molar-refractivity contribution is 6.05. The second kappa shape index (κ2) is 9.06. The molecule has 1 aromatic carbocycles. The number of ether oxygens (including phenoxy) is 2. The molecule has 3 fully saturated rings. The van der Waals surface area contributed by atoms with Crippen LogP contribution in [0.25, 0.3) is 0 Å². The molecule has 0 radical (unpaired) electrons. The van der Waals surface area contributed by atoms with Gasteiger partial charge >= 0.3 is 0 Å². The molecule has 8 heteroatoms. The van der Waals surface area contributed by atoms with Crippen LogP contribution in [0, 0.1) is 0 Å². The Morgan fingerprint density at radius 2 is 1.85 bits per heavy atom. The summed E-state index contributed by atoms with van der Waals surface area (Å²) in [6.45, 7) is 6.45. The van der Waals surface area contributed by atoms with Gasteiger partial charge in [0.15, 0.2) is 0 Å². The lowest BCUT2D eigenvalue weighted by Gasteiger charge is -2.48. The molecule has 3 heterocycles. The van der Waals surface area contributed by atoms with Gasteiger partial charge in [0.05, 0.1) is 12.2 Å². The molecule has 0 bridgehead atoms. The fourth-order valence-electron chi connectivity index (χ4n) is 5.64. The first-order valence-electron chi connectivity index (χ1n) is 12.2. The second-order valence-electron chi connectivity index (χ2n) is 9.99. The van der Waals surface area contributed by atoms with E-state index in [1.807, 2.05) is 18.2 Å². The number of rotatable bonds is 6. The van der Waals surface area contributed by atoms with Crippen molar-refractivity contribution in [2.24, 2.45) is 0 Å². The predicted octanol–water partition coefficient (Wildman–Crippen LogP) is 2.25. The summed E-state index contributed by atoms with van der Waals surface area (Å²) in [6.07, 6.45) is 5.86. The van der Waals surface area contributed by atoms with Crippen LogP contribution in [0.4, 0.5) is 0 Å². The SMILES string of the molecule is CC(C)OC1CN(C2CCCCC2Oc2ccc3c(c2)CN(C2CCC(=O)NC2=O)C3=O)C1. The van der Waals surface area contributed by atoms with Gasteiger partial charge in [0.2, 0.25) is 11.8 Å². The minimum Gasteiger partial charge on any atom is -0.489 e. The summed E-state index contributed by atoms with van der Waals surface area (Å²) in [5.74, 6) is -0.0388. The Labute approximate surface area is 194 Å². The molecule has 0 aromatic heterocycles. The van der Waals surface area contributed by atoms with Gasteiger partial charge in [-0.2, -0.15) is 0 Å². The predicted molar refractivity (Wildman–Crippen MR) is 121 cm³/mol. The monoisotopic (exact) mass is 455 g/mol. The molecule has 5 rings (SSSR count). The zero-order valence-electron chi connectivity index (χ0n) is 19.4. The Bertz CT molecular complexity index is 942. The van der Waals surface area contributed by atoms with Gasteiger partial charge in [-0.15, -0.1) is 0 Å². The number of nitrogens with one attached hydrogen (secondary N) is 1. The minimum atomic E-state index is -0.595. The van der Waals surface area contributed by atoms with Gasteiger partial charge in [0.1, 0.15) is 17.9 Å². The molecule has 1 N–H and O–H groups in total. The number of fused-ring (bicyclic) bond motifs is 1. The number of hydrogen-bond acceptors (Lipinski definition) is 6. The number of hydrogen-bond donors (Lipinski definition) is 1. The van der Waals surface area contributed by atoms with Crippen LogP contribution in [-0.4, -0.2) is 71.0 Å². The molecule has 178 valence electrons. The molecule has 3 aliphatic heterocycles. The van der Waals surface area contributed by atoms with E-state index in [-0.39, 0.29) is 36.4 Å². The van der Waals surface area contributed by atoms with Crippen LogP contribution < -0.4 is 10.1 Å². The number of piperidine rings is 1. The number of benzene rings is 1. The Hall–Kier alpha value is -2.45. The molecule has 3 unspecified atom stereocenters. The van der Waals surface area contributed by atoms with Crippen LogP contribution in [-0.2, 0) is 20.9 Å². The van der Waals surface area contributed by atoms with Gasteiger partial charge in [-0.05, 0) is 63.3 Å². The van der Waals surface area contributed by atoms with Crippen LogP contribution >= 0.6 is 0 Å². The van der Waals surface area contributed by atoms with Crippen molar-refractivity contribution in [2.75, 3.05) is 13.1 Å². The first-order chi connectivity index (χ1) is 15.9. The van der Waals surface area contributed by atoms with Crippen molar-refractivity contribution < 1.29 is 23.9 Å². The quantitative estimate of drug-likeness (QED) is 0.662. The van der Waals surface area contributed by atoms with E-state index in [1.54, 1.807) is 4.90 Å². The van der Waals surface area contributed by atoms with Crippen LogP contribution in [0.2, 0.25) is 0 Å². The first-order valence-corrected chi connectivity index (χ1v) is 12.2. The number of carbonyl (C=O) groups excluding carboxylic acids is 3. The lowest BCUT2D eigenvalue weighted by molar-refractivity contribution is -0.136. The van der Waals surface area contributed by atoms with Crippen molar-refractivity contribution in [3.05, 3.63) is 29.3 Å². The van der Waals surface area contributed by atoms with E-state index in [0.29, 0.717) is 30.7 Å². The van der Waals surface area contributed by atoms with Crippen LogP contribution in [0.1, 0.15) is 68.3 Å². The summed E-state index contributed by atoms with van der Waals surface area (Å²) in [5.41, 5.74) is 1.49. The highest BCUT2D eigenvalue weighted by atomic mass is 16.5. The summed E-state index contributed by atoms with van der Waals surface area (Å²) in [5, 5.41) is 2.35. The molecule has 2 saturated heterocycles. The first kappa shape index (κ1) is 22.3. The van der Waals surface area contributed by atoms with Crippen LogP contribution in [0.3, 0.4) is 0 Å². The summed E-state index contributed by atoms with van der Waals surface area (Å²) >= 11 is 0. The van der Waals surface area contributed by atoms with Gasteiger partial charge in [-0.1, -0.05) is 6.42 Å². The molecule has 4 aliphatic rings. The van der Waals surface area contributed by atoms with Crippen molar-refractivity contribution in [1.82, 2.24) is 15.1 Å². The van der Waals surface area contributed by atoms with Gasteiger partial charge in [0.25, 0.3) is 5.91 Å². The topological polar surface area (TPSA) is 88.2 Å². The number of imide groups is 1. The van der Waals surface area contributed by atoms with E-state index >= 15 is 0 Å². The van der Waals surface area contributed by atoms with E-state index in [9.17, 15) is 14.4 Å². The third-order valence-electron chi connectivity index (χ3n) is 7.26. The highest BCUT2D eigenvalue weighted by Crippen LogP contribution is 2.34. The molecule has 3 amide bonds. The van der Waals surface area contributed by atoms with Crippen LogP contribution in [0.15, 0.2) is 18.2 Å². The lowest BCUT2D eigenvalue weighted by atomic mass is 9.89. The summed E-state index contributed by atoms with van der Waals surface area (Å²) < 4.78 is 12.4. The average molecular weight is 456 g/mol. The van der Waals surface area contributed by atoms with E-state index in [4.69, 9.17) is 9.47 Å². The Morgan fingerprint density at radius 1 is 1.06 bits per heavy atom. The maximum Gasteiger partial charge on any atom is 0.255 e. The summed E-state index contributed by atoms with van der Waals surface area (Å²) in [6, 6.07) is 5.43. The number of carbonyl (C=O) groups is 3. The zero-order chi connectivity index (χ0) is 23.1. The Morgan fingerprint density at radius 3 is 2.61 bits per heavy atom. The van der Waals surface area contributed by atoms with Gasteiger partial charge in [0, 0.05) is 37.7 Å². The maximum absolute atomic E-state index is 12.9. The molecular weight excluding hydrogens is 422 g/mol. The van der Waals surface area contributed by atoms with Gasteiger partial charge in [-0.3, -0.25) is 24.6 Å². The van der Waals surface area contributed by atoms with E-state index in [0.717, 1.165) is 43.7 Å². The largest absolute Gasteiger partial charge is 0.489 e. The van der Waals surface area contributed by atoms with Crippen molar-refractivity contribution in [3.8, 4) is 5.75 Å².